The van der Waals surface area contributed by atoms with Crippen molar-refractivity contribution in [2.75, 3.05) is 13.2 Å². The van der Waals surface area contributed by atoms with E-state index in [1.807, 2.05) is 6.07 Å². The minimum Gasteiger partial charge on any atom is -0.489 e. The van der Waals surface area contributed by atoms with E-state index in [-0.39, 0.29) is 13.2 Å². The van der Waals surface area contributed by atoms with Gasteiger partial charge in [-0.3, -0.25) is 4.79 Å². The zero-order valence-electron chi connectivity index (χ0n) is 11.6. The lowest BCUT2D eigenvalue weighted by Gasteiger charge is -2.24. The highest BCUT2D eigenvalue weighted by Gasteiger charge is 2.24. The van der Waals surface area contributed by atoms with E-state index in [9.17, 15) is 9.90 Å². The van der Waals surface area contributed by atoms with E-state index in [1.165, 1.54) is 0 Å². The lowest BCUT2D eigenvalue weighted by Crippen LogP contribution is -2.53. The van der Waals surface area contributed by atoms with Crippen molar-refractivity contribution in [3.05, 3.63) is 29.8 Å². The molecule has 0 heterocycles. The lowest BCUT2D eigenvalue weighted by molar-refractivity contribution is -0.123. The Kier molecular flexibility index (Phi) is 5.50. The molecule has 0 aliphatic rings. The molecule has 0 aliphatic heterocycles. The molecule has 20 heavy (non-hydrogen) atoms. The van der Waals surface area contributed by atoms with Crippen molar-refractivity contribution in [2.24, 2.45) is 5.73 Å². The Morgan fingerprint density at radius 1 is 1.55 bits per heavy atom. The van der Waals surface area contributed by atoms with E-state index in [4.69, 9.17) is 15.7 Å². The first-order valence-electron chi connectivity index (χ1n) is 6.21. The average molecular weight is 277 g/mol. The van der Waals surface area contributed by atoms with Crippen molar-refractivity contribution in [1.82, 2.24) is 5.32 Å². The first kappa shape index (κ1) is 16.0. The van der Waals surface area contributed by atoms with Gasteiger partial charge in [0, 0.05) is 6.54 Å². The Labute approximate surface area is 118 Å². The number of hydrogen-bond acceptors (Lipinski definition) is 5. The number of ether oxygens (including phenoxy) is 1. The summed E-state index contributed by atoms with van der Waals surface area (Å²) < 4.78 is 5.39. The topological polar surface area (TPSA) is 108 Å². The lowest BCUT2D eigenvalue weighted by atomic mass is 10.1. The molecule has 0 bridgehead atoms. The maximum Gasteiger partial charge on any atom is 0.237 e. The molecule has 4 N–H and O–H groups in total. The van der Waals surface area contributed by atoms with E-state index in [0.717, 1.165) is 0 Å². The summed E-state index contributed by atoms with van der Waals surface area (Å²) in [6.45, 7) is 3.44. The molecule has 0 aliphatic carbocycles. The van der Waals surface area contributed by atoms with Gasteiger partial charge in [0.15, 0.2) is 0 Å². The molecule has 1 aromatic carbocycles. The molecule has 1 atom stereocenters. The molecule has 0 aromatic heterocycles. The highest BCUT2D eigenvalue weighted by Crippen LogP contribution is 2.16. The molecule has 1 rings (SSSR count). The molecular formula is C14H19N3O3. The number of hydrogen-bond donors (Lipinski definition) is 3. The van der Waals surface area contributed by atoms with Crippen LogP contribution in [0, 0.1) is 11.3 Å². The van der Waals surface area contributed by atoms with Crippen LogP contribution in [-0.2, 0) is 4.79 Å². The molecule has 0 fully saturated rings. The molecule has 0 saturated heterocycles. The number of nitriles is 1. The zero-order chi connectivity index (χ0) is 15.2. The summed E-state index contributed by atoms with van der Waals surface area (Å²) in [4.78, 5) is 11.1. The first-order chi connectivity index (χ1) is 9.36. The summed E-state index contributed by atoms with van der Waals surface area (Å²) in [5.41, 5.74) is 4.72. The number of carbonyl (C=O) groups excluding carboxylic acids is 1. The van der Waals surface area contributed by atoms with Crippen molar-refractivity contribution in [1.29, 1.82) is 5.26 Å². The number of rotatable bonds is 7. The number of benzene rings is 1. The maximum atomic E-state index is 11.1. The first-order valence-corrected chi connectivity index (χ1v) is 6.21. The molecule has 108 valence electrons. The molecule has 6 heteroatoms. The predicted octanol–water partition coefficient (Wildman–Crippen LogP) is 0.151. The van der Waals surface area contributed by atoms with E-state index in [2.05, 4.69) is 5.32 Å². The third-order valence-corrected chi connectivity index (χ3v) is 2.83. The Hall–Kier alpha value is -2.10. The van der Waals surface area contributed by atoms with Gasteiger partial charge in [-0.25, -0.2) is 0 Å². The third-order valence-electron chi connectivity index (χ3n) is 2.83. The molecule has 0 radical (unpaired) electrons. The number of β-amino-alcohol motifs (C(OH)–C–C–N with tert-alkyl or cyclic N) is 1. The maximum absolute atomic E-state index is 11.1. The van der Waals surface area contributed by atoms with Crippen LogP contribution < -0.4 is 15.8 Å². The standard InChI is InChI=1S/C14H19N3O3/c1-14(2,13(16)19)17-8-11(18)9-20-12-6-4-3-5-10(12)7-15/h3-6,11,17-18H,8-9H2,1-2H3,(H2,16,19). The van der Waals surface area contributed by atoms with Crippen LogP contribution in [0.1, 0.15) is 19.4 Å². The van der Waals surface area contributed by atoms with Gasteiger partial charge >= 0.3 is 0 Å². The van der Waals surface area contributed by atoms with E-state index < -0.39 is 17.6 Å². The number of para-hydroxylation sites is 1. The Bertz CT molecular complexity index is 509. The second-order valence-electron chi connectivity index (χ2n) is 4.94. The second-order valence-corrected chi connectivity index (χ2v) is 4.94. The van der Waals surface area contributed by atoms with Crippen LogP contribution in [0.3, 0.4) is 0 Å². The van der Waals surface area contributed by atoms with Gasteiger partial charge in [0.25, 0.3) is 0 Å². The number of amides is 1. The normalized spacial score (nSPS) is 12.5. The molecule has 1 aromatic rings. The summed E-state index contributed by atoms with van der Waals surface area (Å²) in [5.74, 6) is -0.0799. The number of aliphatic hydroxyl groups is 1. The Balaban J connectivity index is 2.46. The number of nitrogens with one attached hydrogen (secondary N) is 1. The molecule has 6 nitrogen and oxygen atoms in total. The van der Waals surface area contributed by atoms with Crippen LogP contribution in [-0.4, -0.2) is 35.8 Å². The van der Waals surface area contributed by atoms with Gasteiger partial charge in [0.2, 0.25) is 5.91 Å². The minimum atomic E-state index is -0.897. The van der Waals surface area contributed by atoms with Gasteiger partial charge in [0.05, 0.1) is 11.1 Å². The number of nitrogens with two attached hydrogens (primary N) is 1. The summed E-state index contributed by atoms with van der Waals surface area (Å²) in [7, 11) is 0. The van der Waals surface area contributed by atoms with Crippen molar-refractivity contribution < 1.29 is 14.6 Å². The van der Waals surface area contributed by atoms with Gasteiger partial charge < -0.3 is 20.9 Å². The number of aliphatic hydroxyl groups excluding tert-OH is 1. The molecule has 0 spiro atoms. The fourth-order valence-corrected chi connectivity index (χ4v) is 1.39. The highest BCUT2D eigenvalue weighted by atomic mass is 16.5. The van der Waals surface area contributed by atoms with Gasteiger partial charge in [-0.1, -0.05) is 12.1 Å². The summed E-state index contributed by atoms with van der Waals surface area (Å²) in [5, 5.41) is 21.5. The quantitative estimate of drug-likeness (QED) is 0.657. The Morgan fingerprint density at radius 2 is 2.20 bits per heavy atom. The largest absolute Gasteiger partial charge is 0.489 e. The Morgan fingerprint density at radius 3 is 2.80 bits per heavy atom. The van der Waals surface area contributed by atoms with Crippen molar-refractivity contribution in [2.45, 2.75) is 25.5 Å². The van der Waals surface area contributed by atoms with Crippen LogP contribution >= 0.6 is 0 Å². The van der Waals surface area contributed by atoms with Crippen molar-refractivity contribution >= 4 is 5.91 Å². The van der Waals surface area contributed by atoms with Gasteiger partial charge in [-0.15, -0.1) is 0 Å². The summed E-state index contributed by atoms with van der Waals surface area (Å²) in [6.07, 6.45) is -0.819. The number of primary amides is 1. The third kappa shape index (κ3) is 4.53. The number of nitrogens with zero attached hydrogens (tertiary/aromatic N) is 1. The molecule has 1 unspecified atom stereocenters. The van der Waals surface area contributed by atoms with Crippen LogP contribution in [0.15, 0.2) is 24.3 Å². The van der Waals surface area contributed by atoms with Crippen molar-refractivity contribution in [3.63, 3.8) is 0 Å². The van der Waals surface area contributed by atoms with Crippen LogP contribution in [0.4, 0.5) is 0 Å². The minimum absolute atomic E-state index is 0.0144. The number of carbonyl (C=O) groups is 1. The fraction of sp³-hybridized carbons (Fsp3) is 0.429. The van der Waals surface area contributed by atoms with Crippen LogP contribution in [0.25, 0.3) is 0 Å². The van der Waals surface area contributed by atoms with E-state index in [0.29, 0.717) is 11.3 Å². The fourth-order valence-electron chi connectivity index (χ4n) is 1.39. The van der Waals surface area contributed by atoms with Gasteiger partial charge in [0.1, 0.15) is 24.5 Å². The molecule has 1 amide bonds. The van der Waals surface area contributed by atoms with Gasteiger partial charge in [-0.05, 0) is 26.0 Å². The van der Waals surface area contributed by atoms with Gasteiger partial charge in [-0.2, -0.15) is 5.26 Å². The van der Waals surface area contributed by atoms with Crippen LogP contribution in [0.2, 0.25) is 0 Å². The highest BCUT2D eigenvalue weighted by molar-refractivity contribution is 5.83. The second kappa shape index (κ2) is 6.89. The van der Waals surface area contributed by atoms with E-state index in [1.54, 1.807) is 38.1 Å². The average Bonchev–Trinajstić information content (AvgIpc) is 2.43. The molecular weight excluding hydrogens is 258 g/mol. The zero-order valence-corrected chi connectivity index (χ0v) is 11.6. The monoisotopic (exact) mass is 277 g/mol. The molecule has 0 saturated carbocycles. The summed E-state index contributed by atoms with van der Waals surface area (Å²) >= 11 is 0. The van der Waals surface area contributed by atoms with Crippen LogP contribution in [0.5, 0.6) is 5.75 Å². The predicted molar refractivity (Wildman–Crippen MR) is 73.9 cm³/mol. The smallest absolute Gasteiger partial charge is 0.237 e. The van der Waals surface area contributed by atoms with E-state index >= 15 is 0 Å². The van der Waals surface area contributed by atoms with Crippen molar-refractivity contribution in [3.8, 4) is 11.8 Å². The summed E-state index contributed by atoms with van der Waals surface area (Å²) in [6, 6.07) is 8.78. The SMILES string of the molecule is CC(C)(NCC(O)COc1ccccc1C#N)C(N)=O.